The van der Waals surface area contributed by atoms with Gasteiger partial charge in [-0.1, -0.05) is 12.1 Å². The fourth-order valence-corrected chi connectivity index (χ4v) is 1.26. The molecule has 0 amide bonds. The fraction of sp³-hybridized carbons (Fsp3) is 0. The fourth-order valence-electron chi connectivity index (χ4n) is 1.26. The standard InChI is InChI=1S/C9H6N2O2/c12-4-6-2-1-3-7-8(5-13)10-11-9(6)7/h1-5H,(H,10,11). The van der Waals surface area contributed by atoms with Gasteiger partial charge in [0.1, 0.15) is 11.2 Å². The molecule has 13 heavy (non-hydrogen) atoms. The summed E-state index contributed by atoms with van der Waals surface area (Å²) in [6.07, 6.45) is 1.40. The molecule has 0 bridgehead atoms. The predicted octanol–water partition coefficient (Wildman–Crippen LogP) is 1.19. The highest BCUT2D eigenvalue weighted by Gasteiger charge is 2.06. The number of hydrogen-bond acceptors (Lipinski definition) is 3. The number of para-hydroxylation sites is 1. The summed E-state index contributed by atoms with van der Waals surface area (Å²) in [5.74, 6) is 0. The van der Waals surface area contributed by atoms with Gasteiger partial charge >= 0.3 is 0 Å². The second-order valence-electron chi connectivity index (χ2n) is 2.62. The summed E-state index contributed by atoms with van der Waals surface area (Å²) in [5, 5.41) is 7.11. The number of aromatic amines is 1. The largest absolute Gasteiger partial charge is 0.298 e. The van der Waals surface area contributed by atoms with Crippen LogP contribution in [0.4, 0.5) is 0 Å². The van der Waals surface area contributed by atoms with Crippen LogP contribution in [0.5, 0.6) is 0 Å². The monoisotopic (exact) mass is 174 g/mol. The van der Waals surface area contributed by atoms with E-state index in [2.05, 4.69) is 10.2 Å². The van der Waals surface area contributed by atoms with Crippen LogP contribution in [-0.4, -0.2) is 22.8 Å². The summed E-state index contributed by atoms with van der Waals surface area (Å²) in [5.41, 5.74) is 1.43. The Bertz CT molecular complexity index is 473. The molecule has 2 aromatic rings. The lowest BCUT2D eigenvalue weighted by Gasteiger charge is -1.90. The molecular weight excluding hydrogens is 168 g/mol. The van der Waals surface area contributed by atoms with Crippen LogP contribution in [-0.2, 0) is 0 Å². The molecule has 0 atom stereocenters. The molecule has 1 aromatic heterocycles. The molecule has 64 valence electrons. The van der Waals surface area contributed by atoms with E-state index in [1.54, 1.807) is 18.2 Å². The summed E-state index contributed by atoms with van der Waals surface area (Å²) < 4.78 is 0. The maximum absolute atomic E-state index is 10.6. The molecule has 4 heteroatoms. The Morgan fingerprint density at radius 1 is 1.23 bits per heavy atom. The number of aldehydes is 2. The van der Waals surface area contributed by atoms with E-state index in [0.717, 1.165) is 6.29 Å². The minimum atomic E-state index is 0.402. The van der Waals surface area contributed by atoms with Gasteiger partial charge in [0.15, 0.2) is 12.6 Å². The molecule has 0 unspecified atom stereocenters. The van der Waals surface area contributed by atoms with Crippen LogP contribution in [0.3, 0.4) is 0 Å². The SMILES string of the molecule is O=Cc1[nH]nc2c(C=O)cccc12. The van der Waals surface area contributed by atoms with E-state index >= 15 is 0 Å². The number of H-pyrrole nitrogens is 1. The van der Waals surface area contributed by atoms with Crippen molar-refractivity contribution in [2.45, 2.75) is 0 Å². The number of carbonyl (C=O) groups excluding carboxylic acids is 2. The molecule has 0 aliphatic carbocycles. The Labute approximate surface area is 73.6 Å². The second-order valence-corrected chi connectivity index (χ2v) is 2.62. The predicted molar refractivity (Wildman–Crippen MR) is 46.9 cm³/mol. The van der Waals surface area contributed by atoms with Crippen LogP contribution >= 0.6 is 0 Å². The Morgan fingerprint density at radius 3 is 2.77 bits per heavy atom. The zero-order valence-corrected chi connectivity index (χ0v) is 6.65. The number of carbonyl (C=O) groups is 2. The maximum Gasteiger partial charge on any atom is 0.168 e. The summed E-state index contributed by atoms with van der Waals surface area (Å²) in [4.78, 5) is 21.1. The normalized spacial score (nSPS) is 10.2. The van der Waals surface area contributed by atoms with Gasteiger partial charge in [-0.2, -0.15) is 5.10 Å². The third kappa shape index (κ3) is 1.03. The molecule has 0 radical (unpaired) electrons. The minimum absolute atomic E-state index is 0.402. The minimum Gasteiger partial charge on any atom is -0.298 e. The van der Waals surface area contributed by atoms with Gasteiger partial charge in [0, 0.05) is 10.9 Å². The van der Waals surface area contributed by atoms with Crippen LogP contribution in [0, 0.1) is 0 Å². The zero-order valence-electron chi connectivity index (χ0n) is 6.65. The van der Waals surface area contributed by atoms with Crippen LogP contribution in [0.2, 0.25) is 0 Å². The van der Waals surface area contributed by atoms with Crippen LogP contribution in [0.15, 0.2) is 18.2 Å². The molecule has 0 saturated heterocycles. The molecule has 0 spiro atoms. The quantitative estimate of drug-likeness (QED) is 0.695. The molecule has 1 N–H and O–H groups in total. The van der Waals surface area contributed by atoms with Gasteiger partial charge in [-0.3, -0.25) is 14.7 Å². The van der Waals surface area contributed by atoms with Gasteiger partial charge in [0.05, 0.1) is 0 Å². The van der Waals surface area contributed by atoms with Crippen molar-refractivity contribution in [1.29, 1.82) is 0 Å². The zero-order chi connectivity index (χ0) is 9.26. The number of aromatic nitrogens is 2. The third-order valence-corrected chi connectivity index (χ3v) is 1.89. The van der Waals surface area contributed by atoms with E-state index in [1.165, 1.54) is 0 Å². The van der Waals surface area contributed by atoms with Crippen molar-refractivity contribution in [3.05, 3.63) is 29.5 Å². The first-order valence-corrected chi connectivity index (χ1v) is 3.74. The summed E-state index contributed by atoms with van der Waals surface area (Å²) >= 11 is 0. The van der Waals surface area contributed by atoms with Gasteiger partial charge in [-0.25, -0.2) is 0 Å². The maximum atomic E-state index is 10.6. The summed E-state index contributed by atoms with van der Waals surface area (Å²) in [7, 11) is 0. The van der Waals surface area contributed by atoms with Crippen molar-refractivity contribution in [3.8, 4) is 0 Å². The molecular formula is C9H6N2O2. The van der Waals surface area contributed by atoms with Crippen molar-refractivity contribution >= 4 is 23.5 Å². The molecule has 2 rings (SSSR count). The van der Waals surface area contributed by atoms with E-state index in [4.69, 9.17) is 0 Å². The highest BCUT2D eigenvalue weighted by molar-refractivity contribution is 6.02. The first kappa shape index (κ1) is 7.67. The lowest BCUT2D eigenvalue weighted by atomic mass is 10.1. The van der Waals surface area contributed by atoms with Gasteiger partial charge in [-0.05, 0) is 6.07 Å². The first-order chi connectivity index (χ1) is 6.36. The first-order valence-electron chi connectivity index (χ1n) is 3.74. The van der Waals surface area contributed by atoms with Crippen molar-refractivity contribution in [2.24, 2.45) is 0 Å². The van der Waals surface area contributed by atoms with Crippen LogP contribution < -0.4 is 0 Å². The Hall–Kier alpha value is -1.97. The second kappa shape index (κ2) is 2.82. The number of nitrogens with zero attached hydrogens (tertiary/aromatic N) is 1. The van der Waals surface area contributed by atoms with Gasteiger partial charge in [0.2, 0.25) is 0 Å². The molecule has 0 fully saturated rings. The molecule has 1 aromatic carbocycles. The van der Waals surface area contributed by atoms with Crippen molar-refractivity contribution in [2.75, 3.05) is 0 Å². The van der Waals surface area contributed by atoms with Crippen molar-refractivity contribution < 1.29 is 9.59 Å². The molecule has 1 heterocycles. The number of fused-ring (bicyclic) bond motifs is 1. The molecule has 0 saturated carbocycles. The average molecular weight is 174 g/mol. The Balaban J connectivity index is 2.86. The van der Waals surface area contributed by atoms with E-state index in [0.29, 0.717) is 28.4 Å². The molecule has 4 nitrogen and oxygen atoms in total. The van der Waals surface area contributed by atoms with Crippen LogP contribution in [0.1, 0.15) is 20.8 Å². The molecule has 0 aliphatic heterocycles. The Morgan fingerprint density at radius 2 is 2.08 bits per heavy atom. The van der Waals surface area contributed by atoms with E-state index in [-0.39, 0.29) is 0 Å². The van der Waals surface area contributed by atoms with E-state index in [9.17, 15) is 9.59 Å². The van der Waals surface area contributed by atoms with Gasteiger partial charge < -0.3 is 0 Å². The van der Waals surface area contributed by atoms with Gasteiger partial charge in [0.25, 0.3) is 0 Å². The topological polar surface area (TPSA) is 62.8 Å². The number of hydrogen-bond donors (Lipinski definition) is 1. The van der Waals surface area contributed by atoms with Crippen LogP contribution in [0.25, 0.3) is 10.9 Å². The lowest BCUT2D eigenvalue weighted by molar-refractivity contribution is 0.111. The average Bonchev–Trinajstić information content (AvgIpc) is 2.60. The van der Waals surface area contributed by atoms with E-state index < -0.39 is 0 Å². The number of benzene rings is 1. The highest BCUT2D eigenvalue weighted by atomic mass is 16.1. The number of nitrogens with one attached hydrogen (secondary N) is 1. The highest BCUT2D eigenvalue weighted by Crippen LogP contribution is 2.16. The smallest absolute Gasteiger partial charge is 0.168 e. The van der Waals surface area contributed by atoms with E-state index in [1.807, 2.05) is 0 Å². The summed E-state index contributed by atoms with van der Waals surface area (Å²) in [6, 6.07) is 5.12. The molecule has 0 aliphatic rings. The van der Waals surface area contributed by atoms with Crippen molar-refractivity contribution in [3.63, 3.8) is 0 Å². The lowest BCUT2D eigenvalue weighted by Crippen LogP contribution is -1.81. The van der Waals surface area contributed by atoms with Gasteiger partial charge in [-0.15, -0.1) is 0 Å². The summed E-state index contributed by atoms with van der Waals surface area (Å²) in [6.45, 7) is 0. The Kier molecular flexibility index (Phi) is 1.66. The third-order valence-electron chi connectivity index (χ3n) is 1.89. The van der Waals surface area contributed by atoms with Crippen molar-refractivity contribution in [1.82, 2.24) is 10.2 Å². The number of rotatable bonds is 2.